The lowest BCUT2D eigenvalue weighted by atomic mass is 10.2. The van der Waals surface area contributed by atoms with Gasteiger partial charge in [0.25, 0.3) is 0 Å². The van der Waals surface area contributed by atoms with Gasteiger partial charge in [-0.3, -0.25) is 9.69 Å². The Bertz CT molecular complexity index is 1250. The van der Waals surface area contributed by atoms with E-state index in [0.29, 0.717) is 38.6 Å². The number of rotatable bonds is 11. The normalized spacial score (nSPS) is 14.7. The Morgan fingerprint density at radius 2 is 1.70 bits per heavy atom. The molecule has 0 saturated carbocycles. The highest BCUT2D eigenvalue weighted by atomic mass is 79.9. The average molecular weight is 595 g/mol. The number of carbonyl (C=O) groups is 1. The van der Waals surface area contributed by atoms with Gasteiger partial charge in [-0.2, -0.15) is 4.31 Å². The number of furan rings is 1. The Balaban J connectivity index is 1.56. The summed E-state index contributed by atoms with van der Waals surface area (Å²) in [6.07, 6.45) is 1.52. The molecule has 1 amide bonds. The molecule has 1 aliphatic heterocycles. The van der Waals surface area contributed by atoms with E-state index in [2.05, 4.69) is 20.8 Å². The fourth-order valence-electron chi connectivity index (χ4n) is 4.00. The highest BCUT2D eigenvalue weighted by Gasteiger charge is 2.29. The summed E-state index contributed by atoms with van der Waals surface area (Å²) in [6.45, 7) is 3.20. The van der Waals surface area contributed by atoms with E-state index in [9.17, 15) is 17.6 Å². The van der Waals surface area contributed by atoms with Crippen LogP contribution in [0, 0.1) is 5.82 Å². The minimum Gasteiger partial charge on any atom is -0.467 e. The largest absolute Gasteiger partial charge is 0.467 e. The first kappa shape index (κ1) is 27.5. The molecule has 11 heteroatoms. The topological polar surface area (TPSA) is 83.3 Å². The fourth-order valence-corrected chi connectivity index (χ4v) is 5.65. The number of hydrogen-bond donors (Lipinski definition) is 0. The zero-order chi connectivity index (χ0) is 26.3. The minimum absolute atomic E-state index is 0.113. The van der Waals surface area contributed by atoms with Gasteiger partial charge in [0.2, 0.25) is 15.9 Å². The van der Waals surface area contributed by atoms with Gasteiger partial charge in [0.1, 0.15) is 11.6 Å². The molecule has 0 atom stereocenters. The molecule has 0 unspecified atom stereocenters. The van der Waals surface area contributed by atoms with Crippen molar-refractivity contribution in [2.45, 2.75) is 18.0 Å². The van der Waals surface area contributed by atoms with E-state index in [0.717, 1.165) is 10.0 Å². The SMILES string of the molecule is O=C(CN(CCN1CCOCC1)S(=O)(=O)c1ccc(Br)cc1)N(Cc1ccc(F)cc1)Cc1ccco1. The van der Waals surface area contributed by atoms with Gasteiger partial charge >= 0.3 is 0 Å². The Morgan fingerprint density at radius 3 is 2.35 bits per heavy atom. The highest BCUT2D eigenvalue weighted by Crippen LogP contribution is 2.20. The number of amides is 1. The number of hydrogen-bond acceptors (Lipinski definition) is 6. The predicted octanol–water partition coefficient (Wildman–Crippen LogP) is 3.73. The first-order valence-electron chi connectivity index (χ1n) is 11.9. The van der Waals surface area contributed by atoms with Crippen LogP contribution in [0.15, 0.2) is 80.7 Å². The summed E-state index contributed by atoms with van der Waals surface area (Å²) >= 11 is 3.34. The molecule has 2 aromatic carbocycles. The van der Waals surface area contributed by atoms with Crippen molar-refractivity contribution in [2.24, 2.45) is 0 Å². The molecule has 2 heterocycles. The zero-order valence-corrected chi connectivity index (χ0v) is 22.7. The minimum atomic E-state index is -3.95. The molecule has 0 spiro atoms. The third-order valence-corrected chi connectivity index (χ3v) is 8.49. The molecule has 3 aromatic rings. The Labute approximate surface area is 224 Å². The van der Waals surface area contributed by atoms with Gasteiger partial charge in [0, 0.05) is 37.2 Å². The first-order valence-corrected chi connectivity index (χ1v) is 14.1. The molecule has 37 heavy (non-hydrogen) atoms. The van der Waals surface area contributed by atoms with E-state index < -0.39 is 10.0 Å². The van der Waals surface area contributed by atoms with Crippen LogP contribution in [-0.4, -0.2) is 74.4 Å². The molecular formula is C26H29BrFN3O5S. The van der Waals surface area contributed by atoms with E-state index in [-0.39, 0.29) is 42.8 Å². The predicted molar refractivity (Wildman–Crippen MR) is 140 cm³/mol. The van der Waals surface area contributed by atoms with Crippen molar-refractivity contribution < 1.29 is 26.8 Å². The Kier molecular flexibility index (Phi) is 9.49. The average Bonchev–Trinajstić information content (AvgIpc) is 3.41. The van der Waals surface area contributed by atoms with Crippen molar-refractivity contribution in [1.29, 1.82) is 0 Å². The summed E-state index contributed by atoms with van der Waals surface area (Å²) in [6, 6.07) is 15.7. The lowest BCUT2D eigenvalue weighted by Gasteiger charge is -2.31. The lowest BCUT2D eigenvalue weighted by molar-refractivity contribution is -0.133. The van der Waals surface area contributed by atoms with Crippen molar-refractivity contribution in [1.82, 2.24) is 14.1 Å². The lowest BCUT2D eigenvalue weighted by Crippen LogP contribution is -2.47. The Hall–Kier alpha value is -2.57. The first-order chi connectivity index (χ1) is 17.8. The molecule has 0 N–H and O–H groups in total. The smallest absolute Gasteiger partial charge is 0.243 e. The van der Waals surface area contributed by atoms with Crippen LogP contribution in [0.2, 0.25) is 0 Å². The molecule has 198 valence electrons. The summed E-state index contributed by atoms with van der Waals surface area (Å²) in [5.41, 5.74) is 0.719. The third-order valence-electron chi connectivity index (χ3n) is 6.10. The number of morpholine rings is 1. The second-order valence-electron chi connectivity index (χ2n) is 8.70. The second-order valence-corrected chi connectivity index (χ2v) is 11.6. The van der Waals surface area contributed by atoms with Gasteiger partial charge in [-0.25, -0.2) is 12.8 Å². The van der Waals surface area contributed by atoms with Crippen LogP contribution in [0.4, 0.5) is 4.39 Å². The van der Waals surface area contributed by atoms with Crippen LogP contribution in [0.1, 0.15) is 11.3 Å². The summed E-state index contributed by atoms with van der Waals surface area (Å²) in [7, 11) is -3.95. The van der Waals surface area contributed by atoms with Gasteiger partial charge in [0.15, 0.2) is 0 Å². The molecule has 0 radical (unpaired) electrons. The van der Waals surface area contributed by atoms with Gasteiger partial charge in [-0.15, -0.1) is 0 Å². The monoisotopic (exact) mass is 593 g/mol. The number of benzene rings is 2. The van der Waals surface area contributed by atoms with Crippen LogP contribution in [0.5, 0.6) is 0 Å². The van der Waals surface area contributed by atoms with Gasteiger partial charge < -0.3 is 14.1 Å². The molecule has 4 rings (SSSR count). The number of ether oxygens (including phenoxy) is 1. The molecule has 0 bridgehead atoms. The third kappa shape index (κ3) is 7.71. The quantitative estimate of drug-likeness (QED) is 0.337. The van der Waals surface area contributed by atoms with Crippen molar-refractivity contribution >= 4 is 31.9 Å². The van der Waals surface area contributed by atoms with E-state index in [1.54, 1.807) is 36.4 Å². The van der Waals surface area contributed by atoms with E-state index in [1.165, 1.54) is 39.7 Å². The molecule has 0 aliphatic carbocycles. The van der Waals surface area contributed by atoms with E-state index in [1.807, 2.05) is 0 Å². The molecule has 1 fully saturated rings. The number of carbonyl (C=O) groups excluding carboxylic acids is 1. The van der Waals surface area contributed by atoms with E-state index >= 15 is 0 Å². The fraction of sp³-hybridized carbons (Fsp3) is 0.346. The van der Waals surface area contributed by atoms with Gasteiger partial charge in [-0.1, -0.05) is 28.1 Å². The standard InChI is InChI=1S/C26H29BrFN3O5S/c27-22-5-9-25(10-6-22)37(33,34)31(12-11-29-13-16-35-17-14-29)20-26(32)30(19-24-2-1-15-36-24)18-21-3-7-23(28)8-4-21/h1-10,15H,11-14,16-20H2. The summed E-state index contributed by atoms with van der Waals surface area (Å²) in [5.74, 6) is -0.197. The molecule has 8 nitrogen and oxygen atoms in total. The summed E-state index contributed by atoms with van der Waals surface area (Å²) in [4.78, 5) is 17.4. The summed E-state index contributed by atoms with van der Waals surface area (Å²) < 4.78 is 53.5. The van der Waals surface area contributed by atoms with Crippen molar-refractivity contribution in [3.63, 3.8) is 0 Å². The maximum absolute atomic E-state index is 13.6. The summed E-state index contributed by atoms with van der Waals surface area (Å²) in [5, 5.41) is 0. The maximum atomic E-state index is 13.6. The maximum Gasteiger partial charge on any atom is 0.243 e. The number of nitrogens with zero attached hydrogens (tertiary/aromatic N) is 3. The zero-order valence-electron chi connectivity index (χ0n) is 20.3. The number of sulfonamides is 1. The van der Waals surface area contributed by atoms with E-state index in [4.69, 9.17) is 9.15 Å². The molecule has 1 saturated heterocycles. The number of halogens is 2. The molecular weight excluding hydrogens is 565 g/mol. The van der Waals surface area contributed by atoms with Crippen LogP contribution in [-0.2, 0) is 32.6 Å². The van der Waals surface area contributed by atoms with Crippen LogP contribution in [0.25, 0.3) is 0 Å². The van der Waals surface area contributed by atoms with Crippen molar-refractivity contribution in [3.8, 4) is 0 Å². The van der Waals surface area contributed by atoms with Crippen molar-refractivity contribution in [3.05, 3.63) is 88.5 Å². The molecule has 1 aromatic heterocycles. The Morgan fingerprint density at radius 1 is 1.00 bits per heavy atom. The van der Waals surface area contributed by atoms with Gasteiger partial charge in [0.05, 0.1) is 37.5 Å². The van der Waals surface area contributed by atoms with Crippen LogP contribution in [0.3, 0.4) is 0 Å². The molecule has 1 aliphatic rings. The second kappa shape index (κ2) is 12.8. The van der Waals surface area contributed by atoms with Gasteiger partial charge in [-0.05, 0) is 54.1 Å². The highest BCUT2D eigenvalue weighted by molar-refractivity contribution is 9.10. The van der Waals surface area contributed by atoms with Crippen molar-refractivity contribution in [2.75, 3.05) is 45.9 Å². The van der Waals surface area contributed by atoms with Crippen LogP contribution < -0.4 is 0 Å². The van der Waals surface area contributed by atoms with Crippen LogP contribution >= 0.6 is 15.9 Å².